The minimum absolute atomic E-state index is 0.0205. The van der Waals surface area contributed by atoms with Crippen LogP contribution >= 0.6 is 0 Å². The van der Waals surface area contributed by atoms with Crippen LogP contribution in [-0.4, -0.2) is 65.1 Å². The summed E-state index contributed by atoms with van der Waals surface area (Å²) in [5, 5.41) is 13.7. The second kappa shape index (κ2) is 7.39. The molecule has 0 unspecified atom stereocenters. The van der Waals surface area contributed by atoms with Crippen molar-refractivity contribution in [3.05, 3.63) is 24.4 Å². The zero-order valence-corrected chi connectivity index (χ0v) is 14.6. The van der Waals surface area contributed by atoms with Crippen molar-refractivity contribution in [3.8, 4) is 0 Å². The van der Waals surface area contributed by atoms with Crippen LogP contribution in [0.4, 0.5) is 5.82 Å². The topological polar surface area (TPSA) is 85.8 Å². The smallest absolute Gasteiger partial charge is 0.223 e. The molecule has 3 rings (SSSR count). The van der Waals surface area contributed by atoms with E-state index in [-0.39, 0.29) is 24.3 Å². The van der Waals surface area contributed by atoms with Gasteiger partial charge >= 0.3 is 0 Å². The van der Waals surface area contributed by atoms with E-state index in [1.807, 2.05) is 23.1 Å². The maximum atomic E-state index is 12.4. The lowest BCUT2D eigenvalue weighted by Gasteiger charge is -2.31. The van der Waals surface area contributed by atoms with Crippen molar-refractivity contribution < 1.29 is 14.7 Å². The molecular formula is C18H26N4O3. The third-order valence-electron chi connectivity index (χ3n) is 5.21. The number of piperidine rings is 1. The minimum Gasteiger partial charge on any atom is -0.386 e. The van der Waals surface area contributed by atoms with Crippen LogP contribution in [0.15, 0.2) is 24.4 Å². The summed E-state index contributed by atoms with van der Waals surface area (Å²) >= 11 is 0. The summed E-state index contributed by atoms with van der Waals surface area (Å²) < 4.78 is 0. The van der Waals surface area contributed by atoms with Crippen molar-refractivity contribution in [1.82, 2.24) is 15.2 Å². The quantitative estimate of drug-likeness (QED) is 0.824. The molecule has 25 heavy (non-hydrogen) atoms. The molecule has 2 aliphatic rings. The molecule has 1 aromatic heterocycles. The van der Waals surface area contributed by atoms with Gasteiger partial charge in [0.1, 0.15) is 11.4 Å². The Morgan fingerprint density at radius 1 is 1.32 bits per heavy atom. The number of amides is 2. The average Bonchev–Trinajstić information content (AvgIpc) is 3.03. The molecule has 0 saturated carbocycles. The van der Waals surface area contributed by atoms with Gasteiger partial charge in [0.25, 0.3) is 0 Å². The first kappa shape index (κ1) is 17.7. The number of β-amino-alcohol motifs (C(OH)–C–C–N with tert-alkyl or cyclic N) is 1. The number of carbonyl (C=O) groups is 2. The molecule has 7 heteroatoms. The molecule has 0 aliphatic carbocycles. The zero-order chi connectivity index (χ0) is 17.9. The number of hydrogen-bond donors (Lipinski definition) is 2. The molecule has 2 fully saturated rings. The van der Waals surface area contributed by atoms with E-state index < -0.39 is 5.60 Å². The molecule has 1 aromatic rings. The molecule has 2 amide bonds. The van der Waals surface area contributed by atoms with Crippen LogP contribution in [-0.2, 0) is 9.59 Å². The van der Waals surface area contributed by atoms with E-state index in [1.165, 1.54) is 0 Å². The lowest BCUT2D eigenvalue weighted by molar-refractivity contribution is -0.134. The SMILES string of the molecule is CC(=O)N1CCC(C(=O)NC[C@@]2(O)CCN(c3ccccn3)C2)CC1. The first-order chi connectivity index (χ1) is 12.0. The fraction of sp³-hybridized carbons (Fsp3) is 0.611. The fourth-order valence-corrected chi connectivity index (χ4v) is 3.59. The van der Waals surface area contributed by atoms with Crippen LogP contribution in [0, 0.1) is 5.92 Å². The Hall–Kier alpha value is -2.15. The second-order valence-electron chi connectivity index (χ2n) is 7.08. The molecular weight excluding hydrogens is 320 g/mol. The normalized spacial score (nSPS) is 24.4. The summed E-state index contributed by atoms with van der Waals surface area (Å²) in [4.78, 5) is 31.8. The van der Waals surface area contributed by atoms with Crippen LogP contribution < -0.4 is 10.2 Å². The van der Waals surface area contributed by atoms with Gasteiger partial charge in [-0.1, -0.05) is 6.07 Å². The number of aliphatic hydroxyl groups is 1. The number of nitrogens with one attached hydrogen (secondary N) is 1. The third-order valence-corrected chi connectivity index (χ3v) is 5.21. The molecule has 2 saturated heterocycles. The Morgan fingerprint density at radius 2 is 2.08 bits per heavy atom. The van der Waals surface area contributed by atoms with Crippen molar-refractivity contribution in [2.75, 3.05) is 37.6 Å². The van der Waals surface area contributed by atoms with Crippen LogP contribution in [0.3, 0.4) is 0 Å². The van der Waals surface area contributed by atoms with E-state index in [0.29, 0.717) is 38.9 Å². The summed E-state index contributed by atoms with van der Waals surface area (Å²) in [5.74, 6) is 0.815. The van der Waals surface area contributed by atoms with Gasteiger partial charge in [-0.05, 0) is 31.4 Å². The Balaban J connectivity index is 1.47. The largest absolute Gasteiger partial charge is 0.386 e. The summed E-state index contributed by atoms with van der Waals surface area (Å²) in [6, 6.07) is 5.71. The Bertz CT molecular complexity index is 616. The summed E-state index contributed by atoms with van der Waals surface area (Å²) in [7, 11) is 0. The van der Waals surface area contributed by atoms with Crippen molar-refractivity contribution in [3.63, 3.8) is 0 Å². The average molecular weight is 346 g/mol. The maximum Gasteiger partial charge on any atom is 0.223 e. The highest BCUT2D eigenvalue weighted by atomic mass is 16.3. The first-order valence-electron chi connectivity index (χ1n) is 8.88. The van der Waals surface area contributed by atoms with Crippen molar-refractivity contribution >= 4 is 17.6 Å². The lowest BCUT2D eigenvalue weighted by Crippen LogP contribution is -2.48. The van der Waals surface area contributed by atoms with Gasteiger partial charge in [0.15, 0.2) is 0 Å². The number of pyridine rings is 1. The van der Waals surface area contributed by atoms with E-state index in [1.54, 1.807) is 18.0 Å². The van der Waals surface area contributed by atoms with Gasteiger partial charge in [0, 0.05) is 51.8 Å². The van der Waals surface area contributed by atoms with Gasteiger partial charge in [-0.3, -0.25) is 9.59 Å². The van der Waals surface area contributed by atoms with Gasteiger partial charge in [-0.2, -0.15) is 0 Å². The summed E-state index contributed by atoms with van der Waals surface area (Å²) in [5.41, 5.74) is -0.923. The van der Waals surface area contributed by atoms with Crippen molar-refractivity contribution in [2.45, 2.75) is 31.8 Å². The first-order valence-corrected chi connectivity index (χ1v) is 8.88. The number of carbonyl (C=O) groups excluding carboxylic acids is 2. The number of anilines is 1. The lowest BCUT2D eigenvalue weighted by atomic mass is 9.95. The number of nitrogens with zero attached hydrogens (tertiary/aromatic N) is 3. The molecule has 2 aliphatic heterocycles. The van der Waals surface area contributed by atoms with E-state index >= 15 is 0 Å². The minimum atomic E-state index is -0.923. The predicted octanol–water partition coefficient (Wildman–Crippen LogP) is 0.398. The van der Waals surface area contributed by atoms with Gasteiger partial charge in [-0.15, -0.1) is 0 Å². The number of rotatable bonds is 4. The van der Waals surface area contributed by atoms with Crippen LogP contribution in [0.1, 0.15) is 26.2 Å². The third kappa shape index (κ3) is 4.28. The Morgan fingerprint density at radius 3 is 2.72 bits per heavy atom. The molecule has 2 N–H and O–H groups in total. The highest BCUT2D eigenvalue weighted by Gasteiger charge is 2.37. The van der Waals surface area contributed by atoms with Crippen LogP contribution in [0.5, 0.6) is 0 Å². The van der Waals surface area contributed by atoms with Gasteiger partial charge in [0.2, 0.25) is 11.8 Å². The van der Waals surface area contributed by atoms with E-state index in [9.17, 15) is 14.7 Å². The molecule has 0 spiro atoms. The van der Waals surface area contributed by atoms with Crippen molar-refractivity contribution in [1.29, 1.82) is 0 Å². The molecule has 3 heterocycles. The monoisotopic (exact) mass is 346 g/mol. The molecule has 7 nitrogen and oxygen atoms in total. The molecule has 0 radical (unpaired) electrons. The van der Waals surface area contributed by atoms with Crippen LogP contribution in [0.25, 0.3) is 0 Å². The van der Waals surface area contributed by atoms with Gasteiger partial charge in [-0.25, -0.2) is 4.98 Å². The van der Waals surface area contributed by atoms with E-state index in [4.69, 9.17) is 0 Å². The van der Waals surface area contributed by atoms with E-state index in [2.05, 4.69) is 10.3 Å². The fourth-order valence-electron chi connectivity index (χ4n) is 3.59. The highest BCUT2D eigenvalue weighted by Crippen LogP contribution is 2.25. The maximum absolute atomic E-state index is 12.4. The number of aromatic nitrogens is 1. The van der Waals surface area contributed by atoms with Gasteiger partial charge < -0.3 is 20.2 Å². The Labute approximate surface area is 148 Å². The standard InChI is InChI=1S/C18H26N4O3/c1-14(23)21-9-5-15(6-10-21)17(24)20-12-18(25)7-11-22(13-18)16-4-2-3-8-19-16/h2-4,8,15,25H,5-7,9-13H2,1H3,(H,20,24)/t18-/m0/s1. The Kier molecular flexibility index (Phi) is 5.22. The number of hydrogen-bond acceptors (Lipinski definition) is 5. The highest BCUT2D eigenvalue weighted by molar-refractivity contribution is 5.79. The van der Waals surface area contributed by atoms with Crippen molar-refractivity contribution in [2.24, 2.45) is 5.92 Å². The predicted molar refractivity (Wildman–Crippen MR) is 94.0 cm³/mol. The molecule has 1 atom stereocenters. The molecule has 0 bridgehead atoms. The summed E-state index contributed by atoms with van der Waals surface area (Å²) in [6.45, 7) is 4.26. The second-order valence-corrected chi connectivity index (χ2v) is 7.08. The molecule has 0 aromatic carbocycles. The molecule has 136 valence electrons. The van der Waals surface area contributed by atoms with E-state index in [0.717, 1.165) is 12.4 Å². The van der Waals surface area contributed by atoms with Gasteiger partial charge in [0.05, 0.1) is 0 Å². The van der Waals surface area contributed by atoms with Crippen LogP contribution in [0.2, 0.25) is 0 Å². The number of likely N-dealkylation sites (tertiary alicyclic amines) is 1. The zero-order valence-electron chi connectivity index (χ0n) is 14.6. The summed E-state index contributed by atoms with van der Waals surface area (Å²) in [6.07, 6.45) is 3.71.